The Hall–Kier alpha value is -6.76. The van der Waals surface area contributed by atoms with E-state index >= 15 is 0 Å². The summed E-state index contributed by atoms with van der Waals surface area (Å²) >= 11 is 0. The molecule has 66 heavy (non-hydrogen) atoms. The second-order valence-corrected chi connectivity index (χ2v) is 18.6. The van der Waals surface area contributed by atoms with E-state index in [9.17, 15) is 0 Å². The molecule has 0 aromatic heterocycles. The van der Waals surface area contributed by atoms with E-state index in [2.05, 4.69) is 225 Å². The van der Waals surface area contributed by atoms with Gasteiger partial charge in [0.25, 0.3) is 0 Å². The van der Waals surface area contributed by atoms with E-state index in [-0.39, 0.29) is 5.92 Å². The molecule has 0 saturated heterocycles. The fraction of sp³-hybridized carbons (Fsp3) is 0.215. The van der Waals surface area contributed by atoms with Crippen LogP contribution in [-0.4, -0.2) is 14.1 Å². The molecule has 4 atom stereocenters. The first-order valence-corrected chi connectivity index (χ1v) is 24.3. The van der Waals surface area contributed by atoms with Crippen molar-refractivity contribution in [2.75, 3.05) is 14.1 Å². The van der Waals surface area contributed by atoms with Gasteiger partial charge < -0.3 is 5.32 Å². The van der Waals surface area contributed by atoms with Crippen molar-refractivity contribution in [2.45, 2.75) is 63.7 Å². The summed E-state index contributed by atoms with van der Waals surface area (Å²) in [5, 5.41) is 5.34. The molecule has 4 aliphatic carbocycles. The topological polar surface area (TPSA) is 12.0 Å². The summed E-state index contributed by atoms with van der Waals surface area (Å²) in [4.78, 5) is 0. The number of fused-ring (bicyclic) bond motifs is 7. The summed E-state index contributed by atoms with van der Waals surface area (Å²) in [7, 11) is 3.75. The monoisotopic (exact) mass is 855 g/mol. The Labute approximate surface area is 393 Å². The Balaban J connectivity index is 0.00000166. The summed E-state index contributed by atoms with van der Waals surface area (Å²) in [5.74, 6) is 1.02. The molecule has 0 fully saturated rings. The zero-order valence-corrected chi connectivity index (χ0v) is 39.0. The SMILES string of the molecule is CCC(C1=CC=C(c2ccc3c(c2)C2=C=CC=C2Cc2ccccc2-c2ccccc2C3)C1(c1ccccc1)C(CC)c1ccc2ccccc2c1)C1C=C(c2ccccc2)CC1.CNC. The van der Waals surface area contributed by atoms with Crippen molar-refractivity contribution >= 4 is 27.5 Å². The highest BCUT2D eigenvalue weighted by atomic mass is 14.7. The molecule has 0 saturated carbocycles. The highest BCUT2D eigenvalue weighted by Crippen LogP contribution is 2.61. The van der Waals surface area contributed by atoms with Gasteiger partial charge >= 0.3 is 0 Å². The molecule has 4 unspecified atom stereocenters. The third kappa shape index (κ3) is 7.81. The standard InChI is InChI=1S/C63H54.C2H7N/c1-3-55(50-32-31-46(38-50)43-18-7-5-8-19-43)62-37-36-61(63(62,54-25-9-6-10-26-54)60(4-2)52-34-30-44-20-11-12-21-45(44)39-52)53-35-33-51-41-48-23-14-16-28-57(48)56-27-15-13-22-47(56)40-49-24-17-29-58(49)59(51)42-53;1-3-2/h5-28,30,33-39,42,50,55,60H,3-4,31-32,40-41H2,1-2H3;3H,1-2H3. The van der Waals surface area contributed by atoms with Crippen LogP contribution in [0.2, 0.25) is 0 Å². The van der Waals surface area contributed by atoms with Crippen LogP contribution in [0.15, 0.2) is 217 Å². The normalized spacial score (nSPS) is 19.1. The number of rotatable bonds is 9. The van der Waals surface area contributed by atoms with Crippen LogP contribution >= 0.6 is 0 Å². The Bertz CT molecular complexity index is 3090. The summed E-state index contributed by atoms with van der Waals surface area (Å²) in [6, 6.07) is 64.4. The average molecular weight is 856 g/mol. The Morgan fingerprint density at radius 2 is 1.23 bits per heavy atom. The number of nitrogens with one attached hydrogen (secondary N) is 1. The molecular formula is C65H61N. The average Bonchev–Trinajstić information content (AvgIpc) is 4.14. The van der Waals surface area contributed by atoms with Crippen LogP contribution in [0, 0.1) is 11.8 Å². The van der Waals surface area contributed by atoms with E-state index in [4.69, 9.17) is 0 Å². The third-order valence-corrected chi connectivity index (χ3v) is 14.9. The van der Waals surface area contributed by atoms with E-state index < -0.39 is 5.41 Å². The van der Waals surface area contributed by atoms with E-state index in [0.29, 0.717) is 11.8 Å². The molecule has 0 radical (unpaired) electrons. The van der Waals surface area contributed by atoms with Crippen molar-refractivity contribution in [3.05, 3.63) is 262 Å². The summed E-state index contributed by atoms with van der Waals surface area (Å²) < 4.78 is 0. The van der Waals surface area contributed by atoms with Crippen LogP contribution in [0.4, 0.5) is 0 Å². The van der Waals surface area contributed by atoms with Crippen LogP contribution in [0.1, 0.15) is 90.0 Å². The van der Waals surface area contributed by atoms with Gasteiger partial charge in [0.1, 0.15) is 0 Å². The van der Waals surface area contributed by atoms with Crippen LogP contribution in [0.5, 0.6) is 0 Å². The van der Waals surface area contributed by atoms with Crippen LogP contribution in [0.25, 0.3) is 38.6 Å². The first-order chi connectivity index (χ1) is 32.5. The van der Waals surface area contributed by atoms with E-state index in [1.54, 1.807) is 5.57 Å². The number of hydrogen-bond acceptors (Lipinski definition) is 1. The summed E-state index contributed by atoms with van der Waals surface area (Å²) in [6.07, 6.45) is 18.3. The maximum Gasteiger partial charge on any atom is 0.0491 e. The predicted octanol–water partition coefficient (Wildman–Crippen LogP) is 15.9. The van der Waals surface area contributed by atoms with Crippen molar-refractivity contribution in [1.29, 1.82) is 0 Å². The minimum Gasteiger partial charge on any atom is -0.323 e. The molecule has 1 nitrogen and oxygen atoms in total. The van der Waals surface area contributed by atoms with Gasteiger partial charge in [-0.05, 0) is 166 Å². The Morgan fingerprint density at radius 1 is 0.576 bits per heavy atom. The van der Waals surface area contributed by atoms with Crippen LogP contribution in [-0.2, 0) is 18.3 Å². The van der Waals surface area contributed by atoms with Crippen molar-refractivity contribution in [1.82, 2.24) is 5.32 Å². The lowest BCUT2D eigenvalue weighted by Crippen LogP contribution is -2.39. The Morgan fingerprint density at radius 3 is 1.95 bits per heavy atom. The van der Waals surface area contributed by atoms with Gasteiger partial charge in [0.2, 0.25) is 0 Å². The minimum atomic E-state index is -0.406. The van der Waals surface area contributed by atoms with E-state index in [1.165, 1.54) is 95.1 Å². The number of benzene rings is 7. The lowest BCUT2D eigenvalue weighted by Gasteiger charge is -2.47. The smallest absolute Gasteiger partial charge is 0.0491 e. The predicted molar refractivity (Wildman–Crippen MR) is 281 cm³/mol. The first-order valence-electron chi connectivity index (χ1n) is 24.3. The fourth-order valence-electron chi connectivity index (χ4n) is 12.1. The Kier molecular flexibility index (Phi) is 12.4. The van der Waals surface area contributed by atoms with Crippen molar-refractivity contribution in [3.63, 3.8) is 0 Å². The molecule has 0 amide bonds. The quantitative estimate of drug-likeness (QED) is 0.143. The lowest BCUT2D eigenvalue weighted by molar-refractivity contribution is 0.365. The van der Waals surface area contributed by atoms with Gasteiger partial charge in [0.05, 0.1) is 0 Å². The molecule has 1 heteroatoms. The maximum atomic E-state index is 3.78. The van der Waals surface area contributed by atoms with Gasteiger partial charge in [0.15, 0.2) is 0 Å². The summed E-state index contributed by atoms with van der Waals surface area (Å²) in [5.41, 5.74) is 23.9. The fourth-order valence-corrected chi connectivity index (χ4v) is 12.1. The van der Waals surface area contributed by atoms with Gasteiger partial charge in [0, 0.05) is 16.9 Å². The van der Waals surface area contributed by atoms with Gasteiger partial charge in [-0.15, -0.1) is 5.73 Å². The molecule has 7 aromatic rings. The zero-order chi connectivity index (χ0) is 45.0. The molecule has 4 aliphatic rings. The number of allylic oxidation sites excluding steroid dienone is 9. The lowest BCUT2D eigenvalue weighted by atomic mass is 9.55. The molecular weight excluding hydrogens is 795 g/mol. The molecule has 0 heterocycles. The van der Waals surface area contributed by atoms with Crippen LogP contribution < -0.4 is 5.32 Å². The zero-order valence-electron chi connectivity index (χ0n) is 39.0. The highest BCUT2D eigenvalue weighted by molar-refractivity contribution is 5.91. The minimum absolute atomic E-state index is 0.190. The van der Waals surface area contributed by atoms with Crippen molar-refractivity contribution in [3.8, 4) is 11.1 Å². The summed E-state index contributed by atoms with van der Waals surface area (Å²) in [6.45, 7) is 4.86. The second kappa shape index (κ2) is 19.0. The molecule has 0 bridgehead atoms. The van der Waals surface area contributed by atoms with Crippen LogP contribution in [0.3, 0.4) is 0 Å². The van der Waals surface area contributed by atoms with E-state index in [0.717, 1.165) is 32.1 Å². The van der Waals surface area contributed by atoms with E-state index in [1.807, 2.05) is 14.1 Å². The second-order valence-electron chi connectivity index (χ2n) is 18.6. The third-order valence-electron chi connectivity index (χ3n) is 14.9. The van der Waals surface area contributed by atoms with Gasteiger partial charge in [-0.3, -0.25) is 0 Å². The first kappa shape index (κ1) is 43.1. The largest absolute Gasteiger partial charge is 0.323 e. The van der Waals surface area contributed by atoms with Crippen molar-refractivity contribution < 1.29 is 0 Å². The van der Waals surface area contributed by atoms with Crippen molar-refractivity contribution in [2.24, 2.45) is 11.8 Å². The van der Waals surface area contributed by atoms with Gasteiger partial charge in [-0.2, -0.15) is 0 Å². The molecule has 7 aromatic carbocycles. The highest BCUT2D eigenvalue weighted by Gasteiger charge is 2.51. The molecule has 11 rings (SSSR count). The maximum absolute atomic E-state index is 3.78. The molecule has 1 N–H and O–H groups in total. The molecule has 0 spiro atoms. The van der Waals surface area contributed by atoms with Gasteiger partial charge in [-0.25, -0.2) is 0 Å². The number of hydrogen-bond donors (Lipinski definition) is 1. The molecule has 326 valence electrons. The molecule has 0 aliphatic heterocycles. The van der Waals surface area contributed by atoms with Gasteiger partial charge in [-0.1, -0.05) is 201 Å².